The molecule has 0 aliphatic rings. The van der Waals surface area contributed by atoms with Crippen molar-refractivity contribution in [2.24, 2.45) is 5.14 Å². The fraction of sp³-hybridized carbons (Fsp3) is 0.105. The fourth-order valence-electron chi connectivity index (χ4n) is 2.36. The topological polar surface area (TPSA) is 112 Å². The molecule has 140 valence electrons. The lowest BCUT2D eigenvalue weighted by molar-refractivity contribution is 0.102. The maximum atomic E-state index is 12.5. The van der Waals surface area contributed by atoms with E-state index >= 15 is 0 Å². The van der Waals surface area contributed by atoms with E-state index in [4.69, 9.17) is 14.3 Å². The molecule has 0 radical (unpaired) electrons. The van der Waals surface area contributed by atoms with Gasteiger partial charge in [0.1, 0.15) is 12.4 Å². The molecule has 3 N–H and O–H groups in total. The Morgan fingerprint density at radius 1 is 1.07 bits per heavy atom. The summed E-state index contributed by atoms with van der Waals surface area (Å²) in [5.74, 6) is 0.658. The first-order chi connectivity index (χ1) is 12.8. The Kier molecular flexibility index (Phi) is 5.29. The fourth-order valence-corrected chi connectivity index (χ4v) is 2.88. The summed E-state index contributed by atoms with van der Waals surface area (Å²) in [6, 6.07) is 14.6. The van der Waals surface area contributed by atoms with Crippen LogP contribution in [0.3, 0.4) is 0 Å². The zero-order chi connectivity index (χ0) is 19.4. The van der Waals surface area contributed by atoms with E-state index in [0.717, 1.165) is 5.56 Å². The first-order valence-electron chi connectivity index (χ1n) is 8.03. The molecule has 2 aromatic carbocycles. The summed E-state index contributed by atoms with van der Waals surface area (Å²) in [7, 11) is -3.78. The molecule has 1 aromatic heterocycles. The van der Waals surface area contributed by atoms with Crippen molar-refractivity contribution in [2.45, 2.75) is 18.4 Å². The summed E-state index contributed by atoms with van der Waals surface area (Å²) in [6.07, 6.45) is 1.41. The monoisotopic (exact) mass is 386 g/mol. The number of primary sulfonamides is 1. The van der Waals surface area contributed by atoms with Gasteiger partial charge in [-0.05, 0) is 49.4 Å². The number of carbonyl (C=O) groups excluding carboxylic acids is 1. The number of aryl methyl sites for hydroxylation is 1. The summed E-state index contributed by atoms with van der Waals surface area (Å²) in [4.78, 5) is 12.4. The van der Waals surface area contributed by atoms with Crippen molar-refractivity contribution in [3.63, 3.8) is 0 Å². The molecule has 7 nitrogen and oxygen atoms in total. The van der Waals surface area contributed by atoms with Gasteiger partial charge in [0.05, 0.1) is 16.7 Å². The number of carbonyl (C=O) groups is 1. The van der Waals surface area contributed by atoms with Gasteiger partial charge in [-0.3, -0.25) is 4.79 Å². The van der Waals surface area contributed by atoms with E-state index in [9.17, 15) is 13.2 Å². The third kappa shape index (κ3) is 4.75. The predicted octanol–water partition coefficient (Wildman–Crippen LogP) is 3.07. The second-order valence-electron chi connectivity index (χ2n) is 5.88. The van der Waals surface area contributed by atoms with Crippen molar-refractivity contribution in [3.8, 4) is 5.75 Å². The summed E-state index contributed by atoms with van der Waals surface area (Å²) in [5.41, 5.74) is 1.88. The van der Waals surface area contributed by atoms with E-state index in [0.29, 0.717) is 22.8 Å². The lowest BCUT2D eigenvalue weighted by Crippen LogP contribution is -2.15. The number of rotatable bonds is 6. The summed E-state index contributed by atoms with van der Waals surface area (Å²) in [5, 5.41) is 7.73. The minimum Gasteiger partial charge on any atom is -0.486 e. The Morgan fingerprint density at radius 2 is 1.74 bits per heavy atom. The summed E-state index contributed by atoms with van der Waals surface area (Å²) < 4.78 is 33.5. The number of amides is 1. The SMILES string of the molecule is Cc1ccc(OCc2occc2C(=O)Nc2ccc(S(N)(=O)=O)cc2)cc1. The number of hydrogen-bond donors (Lipinski definition) is 2. The Morgan fingerprint density at radius 3 is 2.37 bits per heavy atom. The normalized spacial score (nSPS) is 11.2. The van der Waals surface area contributed by atoms with Crippen LogP contribution in [0.25, 0.3) is 0 Å². The van der Waals surface area contributed by atoms with Crippen LogP contribution in [0.5, 0.6) is 5.75 Å². The molecular formula is C19H18N2O5S. The number of furan rings is 1. The predicted molar refractivity (Wildman–Crippen MR) is 100.0 cm³/mol. The number of ether oxygens (including phenoxy) is 1. The third-order valence-corrected chi connectivity index (χ3v) is 4.75. The van der Waals surface area contributed by atoms with Gasteiger partial charge in [0, 0.05) is 5.69 Å². The van der Waals surface area contributed by atoms with Crippen molar-refractivity contribution in [1.82, 2.24) is 0 Å². The molecule has 0 spiro atoms. The van der Waals surface area contributed by atoms with Gasteiger partial charge in [0.2, 0.25) is 10.0 Å². The Hall–Kier alpha value is -3.10. The molecule has 3 rings (SSSR count). The molecule has 0 unspecified atom stereocenters. The quantitative estimate of drug-likeness (QED) is 0.676. The van der Waals surface area contributed by atoms with Gasteiger partial charge in [0.15, 0.2) is 5.76 Å². The van der Waals surface area contributed by atoms with E-state index in [1.54, 1.807) is 6.07 Å². The van der Waals surface area contributed by atoms with Gasteiger partial charge in [-0.1, -0.05) is 17.7 Å². The minimum absolute atomic E-state index is 0.0315. The van der Waals surface area contributed by atoms with Gasteiger partial charge >= 0.3 is 0 Å². The minimum atomic E-state index is -3.78. The molecule has 1 amide bonds. The van der Waals surface area contributed by atoms with Gasteiger partial charge in [-0.15, -0.1) is 0 Å². The summed E-state index contributed by atoms with van der Waals surface area (Å²) >= 11 is 0. The first kappa shape index (κ1) is 18.7. The molecule has 0 aliphatic heterocycles. The molecule has 3 aromatic rings. The van der Waals surface area contributed by atoms with E-state index in [-0.39, 0.29) is 11.5 Å². The van der Waals surface area contributed by atoms with Crippen LogP contribution in [0.1, 0.15) is 21.7 Å². The molecule has 0 fully saturated rings. The standard InChI is InChI=1S/C19H18N2O5S/c1-13-2-6-15(7-3-13)26-12-18-17(10-11-25-18)19(22)21-14-4-8-16(9-5-14)27(20,23)24/h2-11H,12H2,1H3,(H,21,22)(H2,20,23,24). The zero-order valence-electron chi connectivity index (χ0n) is 14.5. The highest BCUT2D eigenvalue weighted by atomic mass is 32.2. The molecule has 1 heterocycles. The van der Waals surface area contributed by atoms with Crippen LogP contribution in [0.4, 0.5) is 5.69 Å². The third-order valence-electron chi connectivity index (χ3n) is 3.82. The summed E-state index contributed by atoms with van der Waals surface area (Å²) in [6.45, 7) is 2.08. The molecule has 0 saturated heterocycles. The highest BCUT2D eigenvalue weighted by Gasteiger charge is 2.16. The second kappa shape index (κ2) is 7.65. The first-order valence-corrected chi connectivity index (χ1v) is 9.57. The van der Waals surface area contributed by atoms with Crippen molar-refractivity contribution in [1.29, 1.82) is 0 Å². The smallest absolute Gasteiger partial charge is 0.259 e. The zero-order valence-corrected chi connectivity index (χ0v) is 15.3. The van der Waals surface area contributed by atoms with Crippen molar-refractivity contribution < 1.29 is 22.4 Å². The molecule has 0 bridgehead atoms. The largest absolute Gasteiger partial charge is 0.486 e. The van der Waals surface area contributed by atoms with Crippen LogP contribution in [0, 0.1) is 6.92 Å². The second-order valence-corrected chi connectivity index (χ2v) is 7.44. The number of nitrogens with two attached hydrogens (primary N) is 1. The number of hydrogen-bond acceptors (Lipinski definition) is 5. The molecule has 8 heteroatoms. The van der Waals surface area contributed by atoms with Crippen molar-refractivity contribution in [3.05, 3.63) is 77.7 Å². The van der Waals surface area contributed by atoms with E-state index in [2.05, 4.69) is 5.32 Å². The van der Waals surface area contributed by atoms with E-state index < -0.39 is 15.9 Å². The van der Waals surface area contributed by atoms with Crippen LogP contribution >= 0.6 is 0 Å². The van der Waals surface area contributed by atoms with Gasteiger partial charge in [0.25, 0.3) is 5.91 Å². The Bertz CT molecular complexity index is 1040. The Balaban J connectivity index is 1.67. The molecule has 0 aliphatic carbocycles. The van der Waals surface area contributed by atoms with Crippen LogP contribution in [-0.2, 0) is 16.6 Å². The van der Waals surface area contributed by atoms with Crippen molar-refractivity contribution in [2.75, 3.05) is 5.32 Å². The highest BCUT2D eigenvalue weighted by molar-refractivity contribution is 7.89. The van der Waals surface area contributed by atoms with Crippen molar-refractivity contribution >= 4 is 21.6 Å². The molecule has 27 heavy (non-hydrogen) atoms. The molecule has 0 saturated carbocycles. The van der Waals surface area contributed by atoms with E-state index in [1.807, 2.05) is 31.2 Å². The van der Waals surface area contributed by atoms with E-state index in [1.165, 1.54) is 30.5 Å². The van der Waals surface area contributed by atoms with Crippen LogP contribution < -0.4 is 15.2 Å². The maximum Gasteiger partial charge on any atom is 0.259 e. The van der Waals surface area contributed by atoms with Gasteiger partial charge < -0.3 is 14.5 Å². The number of benzene rings is 2. The average Bonchev–Trinajstić information content (AvgIpc) is 3.10. The van der Waals surface area contributed by atoms with Gasteiger partial charge in [-0.25, -0.2) is 13.6 Å². The van der Waals surface area contributed by atoms with Crippen LogP contribution in [0.15, 0.2) is 70.2 Å². The lowest BCUT2D eigenvalue weighted by Gasteiger charge is -2.08. The number of sulfonamides is 1. The van der Waals surface area contributed by atoms with Gasteiger partial charge in [-0.2, -0.15) is 0 Å². The average molecular weight is 386 g/mol. The maximum absolute atomic E-state index is 12.5. The molecular weight excluding hydrogens is 368 g/mol. The highest BCUT2D eigenvalue weighted by Crippen LogP contribution is 2.19. The molecule has 0 atom stereocenters. The number of anilines is 1. The van der Waals surface area contributed by atoms with Crippen LogP contribution in [0.2, 0.25) is 0 Å². The van der Waals surface area contributed by atoms with Crippen LogP contribution in [-0.4, -0.2) is 14.3 Å². The lowest BCUT2D eigenvalue weighted by atomic mass is 10.2. The number of nitrogens with one attached hydrogen (secondary N) is 1. The Labute approximate surface area is 156 Å².